The van der Waals surface area contributed by atoms with Gasteiger partial charge in [-0.05, 0) is 94.8 Å². The molecule has 4 amide bonds. The highest BCUT2D eigenvalue weighted by atomic mass is 16.6. The number of imide groups is 1. The van der Waals surface area contributed by atoms with Crippen LogP contribution in [0.5, 0.6) is 17.2 Å². The van der Waals surface area contributed by atoms with Gasteiger partial charge < -0.3 is 34.6 Å². The van der Waals surface area contributed by atoms with Crippen molar-refractivity contribution in [2.75, 3.05) is 32.3 Å². The Bertz CT molecular complexity index is 3030. The Morgan fingerprint density at radius 3 is 2.10 bits per heavy atom. The number of hydrogen-bond acceptors (Lipinski definition) is 10. The number of carbonyl (C=O) groups is 4. The second kappa shape index (κ2) is 18.9. The number of morpholine rings is 1. The summed E-state index contributed by atoms with van der Waals surface area (Å²) < 4.78 is 18.0. The summed E-state index contributed by atoms with van der Waals surface area (Å²) >= 11 is 0. The van der Waals surface area contributed by atoms with E-state index in [1.165, 1.54) is 12.1 Å². The molecule has 0 radical (unpaired) electrons. The van der Waals surface area contributed by atoms with Crippen LogP contribution in [0.15, 0.2) is 146 Å². The van der Waals surface area contributed by atoms with Crippen LogP contribution in [-0.4, -0.2) is 77.2 Å². The van der Waals surface area contributed by atoms with Gasteiger partial charge in [-0.15, -0.1) is 0 Å². The smallest absolute Gasteiger partial charge is 0.329 e. The van der Waals surface area contributed by atoms with Crippen molar-refractivity contribution in [3.8, 4) is 29.1 Å². The largest absolute Gasteiger partial charge is 0.508 e. The van der Waals surface area contributed by atoms with E-state index in [-0.39, 0.29) is 37.6 Å². The fourth-order valence-electron chi connectivity index (χ4n) is 11.2. The average Bonchev–Trinajstić information content (AvgIpc) is 3.85. The quantitative estimate of drug-likeness (QED) is 0.0963. The Hall–Kier alpha value is -7.92. The summed E-state index contributed by atoms with van der Waals surface area (Å²) in [5.74, 6) is 3.72. The summed E-state index contributed by atoms with van der Waals surface area (Å²) in [7, 11) is 3.12. The number of anilines is 1. The number of esters is 1. The SMILES string of the molecule is COc1cc2c(cc1OC)CN(C(=O)C1C3C(=O)OC(c4ccccc4)C(c4ccccc4)N3C(c3ccc(O)cc3)C13C(=O)N(C(=O)NC(C)c1ccccc1)c1ccc(C#CCCO)cc13)CC2. The summed E-state index contributed by atoms with van der Waals surface area (Å²) in [6.07, 6.45) is -0.302. The number of ether oxygens (including phenoxy) is 3. The number of nitrogens with one attached hydrogen (secondary N) is 1. The topological polar surface area (TPSA) is 158 Å². The molecule has 2 fully saturated rings. The van der Waals surface area contributed by atoms with E-state index in [1.807, 2.05) is 115 Å². The van der Waals surface area contributed by atoms with Crippen LogP contribution in [0, 0.1) is 17.8 Å². The first kappa shape index (κ1) is 45.8. The van der Waals surface area contributed by atoms with Gasteiger partial charge in [0.2, 0.25) is 11.8 Å². The molecule has 354 valence electrons. The van der Waals surface area contributed by atoms with Crippen LogP contribution in [0.3, 0.4) is 0 Å². The molecule has 6 aromatic carbocycles. The van der Waals surface area contributed by atoms with Crippen LogP contribution in [0.1, 0.15) is 82.1 Å². The van der Waals surface area contributed by atoms with E-state index in [9.17, 15) is 10.2 Å². The molecule has 13 nitrogen and oxygen atoms in total. The van der Waals surface area contributed by atoms with Gasteiger partial charge in [0.05, 0.1) is 50.6 Å². The van der Waals surface area contributed by atoms with Crippen LogP contribution in [0.25, 0.3) is 0 Å². The van der Waals surface area contributed by atoms with Gasteiger partial charge in [0.1, 0.15) is 23.3 Å². The molecule has 13 heteroatoms. The Kier molecular flexibility index (Phi) is 12.4. The maximum Gasteiger partial charge on any atom is 0.329 e. The first-order valence-corrected chi connectivity index (χ1v) is 23.4. The van der Waals surface area contributed by atoms with E-state index in [0.717, 1.165) is 27.2 Å². The van der Waals surface area contributed by atoms with Crippen LogP contribution < -0.4 is 19.7 Å². The number of aromatic hydroxyl groups is 1. The van der Waals surface area contributed by atoms with E-state index in [1.54, 1.807) is 49.5 Å². The molecule has 3 N–H and O–H groups in total. The minimum Gasteiger partial charge on any atom is -0.508 e. The first-order valence-electron chi connectivity index (χ1n) is 23.4. The number of rotatable bonds is 9. The summed E-state index contributed by atoms with van der Waals surface area (Å²) in [6.45, 7) is 2.01. The number of hydrogen-bond donors (Lipinski definition) is 3. The minimum atomic E-state index is -2.02. The summed E-state index contributed by atoms with van der Waals surface area (Å²) in [4.78, 5) is 68.7. The number of methoxy groups -OCH3 is 2. The zero-order valence-corrected chi connectivity index (χ0v) is 38.9. The molecular formula is C57H52N4O9. The predicted octanol–water partition coefficient (Wildman–Crippen LogP) is 7.86. The number of aliphatic hydroxyl groups excluding tert-OH is 1. The van der Waals surface area contributed by atoms with Gasteiger partial charge in [-0.1, -0.05) is 115 Å². The van der Waals surface area contributed by atoms with Crippen molar-refractivity contribution >= 4 is 29.5 Å². The number of cyclic esters (lactones) is 1. The lowest BCUT2D eigenvalue weighted by atomic mass is 9.64. The number of carbonyl (C=O) groups excluding carboxylic acids is 4. The molecule has 0 aliphatic carbocycles. The zero-order valence-electron chi connectivity index (χ0n) is 38.9. The third-order valence-electron chi connectivity index (χ3n) is 14.3. The van der Waals surface area contributed by atoms with E-state index in [0.29, 0.717) is 40.2 Å². The van der Waals surface area contributed by atoms with Crippen LogP contribution in [0.2, 0.25) is 0 Å². The molecule has 2 saturated heterocycles. The average molecular weight is 937 g/mol. The zero-order chi connectivity index (χ0) is 48.7. The Labute approximate surface area is 406 Å². The van der Waals surface area contributed by atoms with Crippen molar-refractivity contribution in [1.82, 2.24) is 15.1 Å². The third-order valence-corrected chi connectivity index (χ3v) is 14.3. The number of nitrogens with zero attached hydrogens (tertiary/aromatic N) is 3. The maximum absolute atomic E-state index is 16.7. The van der Waals surface area contributed by atoms with Gasteiger partial charge in [-0.25, -0.2) is 9.69 Å². The highest BCUT2D eigenvalue weighted by Crippen LogP contribution is 2.66. The summed E-state index contributed by atoms with van der Waals surface area (Å²) in [5, 5.41) is 23.6. The second-order valence-corrected chi connectivity index (χ2v) is 18.1. The standard InChI is InChI=1S/C57H52N4O9/c1-35(37-16-7-4-8-17-37)58-56(67)60-45-27-22-36(15-13-14-30-62)31-44(45)57(55(60)66)48(53(64)59-29-28-41-32-46(68-2)47(69-3)33-42(41)34-59)50-54(65)70-51(39-20-11-6-12-21-39)49(38-18-9-5-10-19-38)61(50)52(57)40-23-25-43(63)26-24-40/h4-12,16-27,31-33,35,48-52,62-63H,14,28-30,34H2,1-3H3,(H,58,67). The molecule has 7 atom stereocenters. The Balaban J connectivity index is 1.25. The lowest BCUT2D eigenvalue weighted by molar-refractivity contribution is -0.179. The van der Waals surface area contributed by atoms with Crippen molar-refractivity contribution in [2.45, 2.75) is 62.0 Å². The van der Waals surface area contributed by atoms with E-state index in [4.69, 9.17) is 14.2 Å². The van der Waals surface area contributed by atoms with Crippen molar-refractivity contribution < 1.29 is 43.6 Å². The molecule has 0 aromatic heterocycles. The number of fused-ring (bicyclic) bond motifs is 4. The monoisotopic (exact) mass is 936 g/mol. The second-order valence-electron chi connectivity index (χ2n) is 18.1. The van der Waals surface area contributed by atoms with Crippen molar-refractivity contribution in [1.29, 1.82) is 0 Å². The van der Waals surface area contributed by atoms with E-state index < -0.39 is 65.4 Å². The lowest BCUT2D eigenvalue weighted by Gasteiger charge is -2.46. The number of urea groups is 1. The fraction of sp³-hybridized carbons (Fsp3) is 0.263. The number of phenols is 1. The van der Waals surface area contributed by atoms with Crippen molar-refractivity contribution in [3.63, 3.8) is 0 Å². The maximum atomic E-state index is 16.7. The number of amides is 4. The molecule has 4 aliphatic heterocycles. The van der Waals surface area contributed by atoms with Gasteiger partial charge >= 0.3 is 12.0 Å². The highest BCUT2D eigenvalue weighted by Gasteiger charge is 2.76. The summed E-state index contributed by atoms with van der Waals surface area (Å²) in [6, 6.07) is 39.1. The van der Waals surface area contributed by atoms with Gasteiger partial charge in [0.15, 0.2) is 11.5 Å². The molecular weight excluding hydrogens is 885 g/mol. The molecule has 10 rings (SSSR count). The van der Waals surface area contributed by atoms with E-state index in [2.05, 4.69) is 17.2 Å². The molecule has 0 saturated carbocycles. The number of aliphatic hydroxyl groups is 1. The molecule has 6 aromatic rings. The van der Waals surface area contributed by atoms with Crippen LogP contribution in [-0.2, 0) is 37.5 Å². The molecule has 4 heterocycles. The normalized spacial score (nSPS) is 22.8. The lowest BCUT2D eigenvalue weighted by Crippen LogP contribution is -2.57. The molecule has 4 aliphatic rings. The minimum absolute atomic E-state index is 0.0330. The van der Waals surface area contributed by atoms with Crippen molar-refractivity contribution in [2.24, 2.45) is 5.92 Å². The van der Waals surface area contributed by atoms with Crippen LogP contribution in [0.4, 0.5) is 10.5 Å². The summed E-state index contributed by atoms with van der Waals surface area (Å²) in [5.41, 5.74) is 3.54. The molecule has 0 bridgehead atoms. The molecule has 1 spiro atoms. The van der Waals surface area contributed by atoms with Crippen LogP contribution >= 0.6 is 0 Å². The van der Waals surface area contributed by atoms with E-state index >= 15 is 19.2 Å². The number of phenolic OH excluding ortho intramolecular Hbond substituents is 1. The first-order chi connectivity index (χ1) is 34.1. The van der Waals surface area contributed by atoms with Gasteiger partial charge in [0.25, 0.3) is 0 Å². The van der Waals surface area contributed by atoms with Gasteiger partial charge in [-0.3, -0.25) is 19.3 Å². The fourth-order valence-corrected chi connectivity index (χ4v) is 11.2. The predicted molar refractivity (Wildman–Crippen MR) is 261 cm³/mol. The Morgan fingerprint density at radius 1 is 0.800 bits per heavy atom. The van der Waals surface area contributed by atoms with Crippen molar-refractivity contribution in [3.05, 3.63) is 190 Å². The molecule has 7 unspecified atom stereocenters. The highest BCUT2D eigenvalue weighted by molar-refractivity contribution is 6.24. The molecule has 70 heavy (non-hydrogen) atoms. The number of benzene rings is 6. The third kappa shape index (κ3) is 7.70. The van der Waals surface area contributed by atoms with Gasteiger partial charge in [0, 0.05) is 25.1 Å². The Morgan fingerprint density at radius 2 is 1.44 bits per heavy atom. The van der Waals surface area contributed by atoms with Gasteiger partial charge in [-0.2, -0.15) is 0 Å².